The molecule has 2 aliphatic rings. The molecule has 4 nitrogen and oxygen atoms in total. The van der Waals surface area contributed by atoms with Crippen LogP contribution in [0.15, 0.2) is 11.1 Å². The topological polar surface area (TPSA) is 49.4 Å². The first kappa shape index (κ1) is 13.5. The van der Waals surface area contributed by atoms with Gasteiger partial charge >= 0.3 is 0 Å². The van der Waals surface area contributed by atoms with Crippen molar-refractivity contribution in [3.63, 3.8) is 0 Å². The molecular formula is C13H20N2O2S. The fourth-order valence-electron chi connectivity index (χ4n) is 2.25. The Bertz CT molecular complexity index is 398. The molecule has 0 aromatic heterocycles. The van der Waals surface area contributed by atoms with Gasteiger partial charge in [-0.15, -0.1) is 11.8 Å². The second kappa shape index (κ2) is 4.96. The summed E-state index contributed by atoms with van der Waals surface area (Å²) >= 11 is 1.57. The molecule has 1 atom stereocenters. The van der Waals surface area contributed by atoms with E-state index in [0.29, 0.717) is 12.1 Å². The van der Waals surface area contributed by atoms with Crippen LogP contribution in [0.5, 0.6) is 0 Å². The molecule has 0 aromatic carbocycles. The molecule has 5 heteroatoms. The molecule has 100 valence electrons. The predicted molar refractivity (Wildman–Crippen MR) is 72.9 cm³/mol. The van der Waals surface area contributed by atoms with E-state index >= 15 is 0 Å². The molecule has 1 N–H and O–H groups in total. The Morgan fingerprint density at radius 3 is 2.78 bits per heavy atom. The summed E-state index contributed by atoms with van der Waals surface area (Å²) in [4.78, 5) is 25.9. The summed E-state index contributed by atoms with van der Waals surface area (Å²) in [5.41, 5.74) is 0.435. The summed E-state index contributed by atoms with van der Waals surface area (Å²) in [6.45, 7) is 7.01. The molecule has 2 amide bonds. The first-order chi connectivity index (χ1) is 8.37. The first-order valence-electron chi connectivity index (χ1n) is 6.35. The smallest absolute Gasteiger partial charge is 0.271 e. The molecule has 18 heavy (non-hydrogen) atoms. The van der Waals surface area contributed by atoms with Crippen LogP contribution in [0, 0.1) is 0 Å². The fraction of sp³-hybridized carbons (Fsp3) is 0.692. The third-order valence-corrected chi connectivity index (χ3v) is 4.15. The highest BCUT2D eigenvalue weighted by molar-refractivity contribution is 8.03. The third-order valence-electron chi connectivity index (χ3n) is 3.09. The average molecular weight is 268 g/mol. The van der Waals surface area contributed by atoms with Gasteiger partial charge in [0.2, 0.25) is 5.91 Å². The lowest BCUT2D eigenvalue weighted by atomic mass is 10.1. The first-order valence-corrected chi connectivity index (χ1v) is 7.23. The highest BCUT2D eigenvalue weighted by Crippen LogP contribution is 2.28. The van der Waals surface area contributed by atoms with Crippen LogP contribution in [-0.4, -0.2) is 34.0 Å². The fourth-order valence-corrected chi connectivity index (χ4v) is 2.89. The van der Waals surface area contributed by atoms with E-state index in [9.17, 15) is 9.59 Å². The highest BCUT2D eigenvalue weighted by Gasteiger charge is 2.35. The second-order valence-corrected chi connectivity index (χ2v) is 7.50. The number of amides is 2. The van der Waals surface area contributed by atoms with Crippen LogP contribution in [0.1, 0.15) is 40.0 Å². The van der Waals surface area contributed by atoms with Crippen molar-refractivity contribution in [1.29, 1.82) is 0 Å². The number of hydrogen-bond donors (Lipinski definition) is 1. The molecule has 0 aromatic rings. The third kappa shape index (κ3) is 3.07. The summed E-state index contributed by atoms with van der Waals surface area (Å²) in [7, 11) is 0. The van der Waals surface area contributed by atoms with Gasteiger partial charge in [0, 0.05) is 29.2 Å². The van der Waals surface area contributed by atoms with E-state index in [1.807, 2.05) is 4.90 Å². The number of hydrogen-bond acceptors (Lipinski definition) is 3. The van der Waals surface area contributed by atoms with Gasteiger partial charge in [0.25, 0.3) is 5.91 Å². The molecule has 2 rings (SSSR count). The van der Waals surface area contributed by atoms with Gasteiger partial charge in [-0.25, -0.2) is 0 Å². The van der Waals surface area contributed by atoms with Crippen molar-refractivity contribution in [2.24, 2.45) is 0 Å². The number of nitrogens with one attached hydrogen (secondary N) is 1. The van der Waals surface area contributed by atoms with E-state index in [0.717, 1.165) is 19.4 Å². The molecule has 0 bridgehead atoms. The molecular weight excluding hydrogens is 248 g/mol. The van der Waals surface area contributed by atoms with Gasteiger partial charge < -0.3 is 10.2 Å². The lowest BCUT2D eigenvalue weighted by molar-refractivity contribution is -0.127. The van der Waals surface area contributed by atoms with E-state index in [1.165, 1.54) is 0 Å². The van der Waals surface area contributed by atoms with Crippen LogP contribution in [0.2, 0.25) is 0 Å². The van der Waals surface area contributed by atoms with Crippen LogP contribution in [0.4, 0.5) is 0 Å². The summed E-state index contributed by atoms with van der Waals surface area (Å²) in [5, 5.41) is 4.53. The Balaban J connectivity index is 2.19. The van der Waals surface area contributed by atoms with E-state index in [-0.39, 0.29) is 22.6 Å². The maximum atomic E-state index is 12.3. The number of carbonyl (C=O) groups excluding carboxylic acids is 2. The zero-order valence-electron chi connectivity index (χ0n) is 11.2. The summed E-state index contributed by atoms with van der Waals surface area (Å²) < 4.78 is 0.0364. The maximum absolute atomic E-state index is 12.3. The minimum Gasteiger partial charge on any atom is -0.334 e. The van der Waals surface area contributed by atoms with E-state index in [2.05, 4.69) is 26.1 Å². The Labute approximate surface area is 112 Å². The highest BCUT2D eigenvalue weighted by atomic mass is 32.2. The zero-order chi connectivity index (χ0) is 13.3. The molecule has 2 heterocycles. The molecule has 2 fully saturated rings. The Morgan fingerprint density at radius 2 is 2.11 bits per heavy atom. The van der Waals surface area contributed by atoms with Gasteiger partial charge in [-0.2, -0.15) is 0 Å². The Hall–Kier alpha value is -0.970. The van der Waals surface area contributed by atoms with Gasteiger partial charge in [0.15, 0.2) is 0 Å². The number of rotatable bonds is 1. The quantitative estimate of drug-likeness (QED) is 0.739. The van der Waals surface area contributed by atoms with Crippen molar-refractivity contribution in [1.82, 2.24) is 10.2 Å². The lowest BCUT2D eigenvalue weighted by Gasteiger charge is -2.21. The van der Waals surface area contributed by atoms with Crippen LogP contribution < -0.4 is 5.32 Å². The molecule has 0 radical (unpaired) electrons. The number of nitrogens with zero attached hydrogens (tertiary/aromatic N) is 1. The van der Waals surface area contributed by atoms with Gasteiger partial charge in [0.1, 0.15) is 5.70 Å². The lowest BCUT2D eigenvalue weighted by Crippen LogP contribution is -2.35. The molecule has 1 unspecified atom stereocenters. The predicted octanol–water partition coefficient (Wildman–Crippen LogP) is 1.87. The Kier molecular flexibility index (Phi) is 3.71. The summed E-state index contributed by atoms with van der Waals surface area (Å²) in [5.74, 6) is -0.0707. The van der Waals surface area contributed by atoms with Crippen molar-refractivity contribution < 1.29 is 9.59 Å². The van der Waals surface area contributed by atoms with Crippen molar-refractivity contribution in [2.45, 2.75) is 50.8 Å². The van der Waals surface area contributed by atoms with Crippen molar-refractivity contribution in [3.8, 4) is 0 Å². The number of carbonyl (C=O) groups is 2. The van der Waals surface area contributed by atoms with E-state index < -0.39 is 0 Å². The van der Waals surface area contributed by atoms with Gasteiger partial charge in [0.05, 0.1) is 0 Å². The van der Waals surface area contributed by atoms with Crippen LogP contribution in [0.3, 0.4) is 0 Å². The van der Waals surface area contributed by atoms with Crippen molar-refractivity contribution >= 4 is 23.6 Å². The van der Waals surface area contributed by atoms with E-state index in [1.54, 1.807) is 17.2 Å². The van der Waals surface area contributed by atoms with Crippen molar-refractivity contribution in [2.75, 3.05) is 6.54 Å². The molecule has 0 spiro atoms. The standard InChI is InChI=1S/C13H20N2O2S/c1-13(2,3)18-8-10-12(17)15-6-4-5-9(15)7-11(16)14-10/h8-9H,4-7H2,1-3H3,(H,14,16)/b10-8+. The normalized spacial score (nSPS) is 27.2. The maximum Gasteiger partial charge on any atom is 0.271 e. The van der Waals surface area contributed by atoms with Crippen LogP contribution in [-0.2, 0) is 9.59 Å². The monoisotopic (exact) mass is 268 g/mol. The van der Waals surface area contributed by atoms with Crippen LogP contribution >= 0.6 is 11.8 Å². The minimum atomic E-state index is -0.0430. The number of fused-ring (bicyclic) bond motifs is 1. The summed E-state index contributed by atoms with van der Waals surface area (Å²) in [6.07, 6.45) is 2.38. The van der Waals surface area contributed by atoms with Gasteiger partial charge in [-0.3, -0.25) is 9.59 Å². The van der Waals surface area contributed by atoms with Gasteiger partial charge in [-0.05, 0) is 12.8 Å². The number of thioether (sulfide) groups is 1. The van der Waals surface area contributed by atoms with Crippen molar-refractivity contribution in [3.05, 3.63) is 11.1 Å². The zero-order valence-corrected chi connectivity index (χ0v) is 12.0. The van der Waals surface area contributed by atoms with E-state index in [4.69, 9.17) is 0 Å². The molecule has 2 aliphatic heterocycles. The summed E-state index contributed by atoms with van der Waals surface area (Å²) in [6, 6.07) is 0.100. The van der Waals surface area contributed by atoms with Gasteiger partial charge in [-0.1, -0.05) is 20.8 Å². The molecule has 0 saturated carbocycles. The largest absolute Gasteiger partial charge is 0.334 e. The SMILES string of the molecule is CC(C)(C)S/C=C1/NC(=O)CC2CCCN2C1=O. The molecule has 0 aliphatic carbocycles. The second-order valence-electron chi connectivity index (χ2n) is 5.81. The minimum absolute atomic E-state index is 0.0277. The Morgan fingerprint density at radius 1 is 1.39 bits per heavy atom. The van der Waals surface area contributed by atoms with Crippen LogP contribution in [0.25, 0.3) is 0 Å². The average Bonchev–Trinajstić information content (AvgIpc) is 2.65. The molecule has 2 saturated heterocycles.